The van der Waals surface area contributed by atoms with Gasteiger partial charge in [0, 0.05) is 11.8 Å². The molecule has 1 unspecified atom stereocenters. The summed E-state index contributed by atoms with van der Waals surface area (Å²) >= 11 is 5.97. The molecule has 1 saturated heterocycles. The molecule has 0 saturated carbocycles. The van der Waals surface area contributed by atoms with Crippen molar-refractivity contribution < 1.29 is 33.3 Å². The van der Waals surface area contributed by atoms with Crippen molar-refractivity contribution in [3.8, 4) is 17.2 Å². The summed E-state index contributed by atoms with van der Waals surface area (Å²) < 4.78 is 29.8. The van der Waals surface area contributed by atoms with Crippen LogP contribution in [0, 0.1) is 5.82 Å². The van der Waals surface area contributed by atoms with E-state index in [1.165, 1.54) is 44.4 Å². The van der Waals surface area contributed by atoms with Crippen LogP contribution in [-0.4, -0.2) is 38.1 Å². The van der Waals surface area contributed by atoms with Crippen LogP contribution in [0.15, 0.2) is 66.2 Å². The molecular formula is C26H21ClFNO6. The van der Waals surface area contributed by atoms with E-state index >= 15 is 0 Å². The van der Waals surface area contributed by atoms with E-state index < -0.39 is 29.3 Å². The van der Waals surface area contributed by atoms with Crippen LogP contribution in [0.4, 0.5) is 10.1 Å². The number of Topliss-reactive ketones (excluding diaryl/α,β-unsaturated/α-hetero) is 1. The number of halogens is 2. The van der Waals surface area contributed by atoms with Crippen LogP contribution in [0.2, 0.25) is 5.02 Å². The summed E-state index contributed by atoms with van der Waals surface area (Å²) in [4.78, 5) is 27.7. The standard InChI is InChI=1S/C26H21ClFNO6/c1-33-16-6-4-5-14(11-16)23-22(24(30)18-9-8-17(34-2)13-21(18)35-3)25(31)26(32)29(23)15-7-10-20(28)19(27)12-15/h4-13,23,30H,1-3H3/b24-22-. The first kappa shape index (κ1) is 24.1. The Morgan fingerprint density at radius 3 is 2.31 bits per heavy atom. The predicted octanol–water partition coefficient (Wildman–Crippen LogP) is 5.13. The number of hydrogen-bond acceptors (Lipinski definition) is 6. The number of carbonyl (C=O) groups excluding carboxylic acids is 2. The Bertz CT molecular complexity index is 1360. The molecule has 0 spiro atoms. The number of ether oxygens (including phenoxy) is 3. The second-order valence-electron chi connectivity index (χ2n) is 7.61. The Labute approximate surface area is 205 Å². The molecule has 0 bridgehead atoms. The molecule has 1 N–H and O–H groups in total. The van der Waals surface area contributed by atoms with Gasteiger partial charge in [0.25, 0.3) is 11.7 Å². The van der Waals surface area contributed by atoms with Gasteiger partial charge in [-0.15, -0.1) is 0 Å². The molecule has 1 amide bonds. The van der Waals surface area contributed by atoms with Crippen molar-refractivity contribution in [2.75, 3.05) is 26.2 Å². The molecule has 1 fully saturated rings. The molecule has 7 nitrogen and oxygen atoms in total. The third kappa shape index (κ3) is 4.28. The van der Waals surface area contributed by atoms with Gasteiger partial charge in [0.2, 0.25) is 0 Å². The second-order valence-corrected chi connectivity index (χ2v) is 8.02. The van der Waals surface area contributed by atoms with Crippen molar-refractivity contribution in [1.82, 2.24) is 0 Å². The molecule has 3 aromatic carbocycles. The number of benzene rings is 3. The summed E-state index contributed by atoms with van der Waals surface area (Å²) in [6, 6.07) is 14.0. The third-order valence-corrected chi connectivity index (χ3v) is 5.99. The van der Waals surface area contributed by atoms with Crippen molar-refractivity contribution in [2.24, 2.45) is 0 Å². The quantitative estimate of drug-likeness (QED) is 0.289. The maximum absolute atomic E-state index is 13.9. The van der Waals surface area contributed by atoms with Gasteiger partial charge in [0.15, 0.2) is 0 Å². The van der Waals surface area contributed by atoms with Crippen molar-refractivity contribution in [3.63, 3.8) is 0 Å². The molecule has 1 aliphatic rings. The third-order valence-electron chi connectivity index (χ3n) is 5.70. The minimum absolute atomic E-state index is 0.174. The van der Waals surface area contributed by atoms with Gasteiger partial charge in [-0.1, -0.05) is 23.7 Å². The molecule has 9 heteroatoms. The van der Waals surface area contributed by atoms with Gasteiger partial charge in [-0.25, -0.2) is 4.39 Å². The lowest BCUT2D eigenvalue weighted by molar-refractivity contribution is -0.132. The Hall–Kier alpha value is -4.04. The number of amides is 1. The van der Waals surface area contributed by atoms with Crippen LogP contribution in [0.3, 0.4) is 0 Å². The number of anilines is 1. The largest absolute Gasteiger partial charge is 0.507 e. The highest BCUT2D eigenvalue weighted by Gasteiger charge is 2.47. The number of ketones is 1. The van der Waals surface area contributed by atoms with Crippen molar-refractivity contribution in [1.29, 1.82) is 0 Å². The smallest absolute Gasteiger partial charge is 0.300 e. The summed E-state index contributed by atoms with van der Waals surface area (Å²) in [7, 11) is 4.37. The zero-order valence-corrected chi connectivity index (χ0v) is 19.8. The number of rotatable bonds is 6. The van der Waals surface area contributed by atoms with Gasteiger partial charge in [0.1, 0.15) is 28.8 Å². The van der Waals surface area contributed by atoms with Crippen LogP contribution >= 0.6 is 11.6 Å². The van der Waals surface area contributed by atoms with Crippen LogP contribution in [0.25, 0.3) is 5.76 Å². The van der Waals surface area contributed by atoms with E-state index in [0.717, 1.165) is 6.07 Å². The number of aliphatic hydroxyl groups is 1. The van der Waals surface area contributed by atoms with Gasteiger partial charge < -0.3 is 19.3 Å². The van der Waals surface area contributed by atoms with Crippen molar-refractivity contribution in [3.05, 3.63) is 88.2 Å². The zero-order valence-electron chi connectivity index (χ0n) is 19.0. The number of carbonyl (C=O) groups is 2. The summed E-state index contributed by atoms with van der Waals surface area (Å²) in [6.07, 6.45) is 0. The van der Waals surface area contributed by atoms with E-state index in [1.54, 1.807) is 36.4 Å². The summed E-state index contributed by atoms with van der Waals surface area (Å²) in [5.41, 5.74) is 0.689. The van der Waals surface area contributed by atoms with Crippen molar-refractivity contribution in [2.45, 2.75) is 6.04 Å². The molecule has 4 rings (SSSR count). The van der Waals surface area contributed by atoms with Crippen LogP contribution in [-0.2, 0) is 9.59 Å². The first-order valence-electron chi connectivity index (χ1n) is 10.4. The highest BCUT2D eigenvalue weighted by Crippen LogP contribution is 2.44. The second kappa shape index (κ2) is 9.68. The number of nitrogens with zero attached hydrogens (tertiary/aromatic N) is 1. The normalized spacial score (nSPS) is 16.9. The lowest BCUT2D eigenvalue weighted by atomic mass is 9.94. The van der Waals surface area contributed by atoms with Gasteiger partial charge >= 0.3 is 0 Å². The average molecular weight is 498 g/mol. The lowest BCUT2D eigenvalue weighted by Crippen LogP contribution is -2.29. The molecule has 0 aromatic heterocycles. The fourth-order valence-corrected chi connectivity index (χ4v) is 4.17. The zero-order chi connectivity index (χ0) is 25.3. The molecular weight excluding hydrogens is 477 g/mol. The monoisotopic (exact) mass is 497 g/mol. The summed E-state index contributed by atoms with van der Waals surface area (Å²) in [5, 5.41) is 11.1. The minimum Gasteiger partial charge on any atom is -0.507 e. The molecule has 180 valence electrons. The maximum atomic E-state index is 13.9. The van der Waals surface area contributed by atoms with Gasteiger partial charge in [-0.3, -0.25) is 14.5 Å². The lowest BCUT2D eigenvalue weighted by Gasteiger charge is -2.26. The fraction of sp³-hybridized carbons (Fsp3) is 0.154. The average Bonchev–Trinajstić information content (AvgIpc) is 3.15. The fourth-order valence-electron chi connectivity index (χ4n) is 4.00. The van der Waals surface area contributed by atoms with E-state index in [9.17, 15) is 19.1 Å². The van der Waals surface area contributed by atoms with E-state index in [4.69, 9.17) is 25.8 Å². The molecule has 1 atom stereocenters. The SMILES string of the molecule is COc1cccc(C2/C(=C(/O)c3ccc(OC)cc3OC)C(=O)C(=O)N2c2ccc(F)c(Cl)c2)c1. The summed E-state index contributed by atoms with van der Waals surface area (Å²) in [5.74, 6) is -1.75. The van der Waals surface area contributed by atoms with Crippen LogP contribution in [0.5, 0.6) is 17.2 Å². The van der Waals surface area contributed by atoms with Gasteiger partial charge in [-0.05, 0) is 48.0 Å². The Morgan fingerprint density at radius 1 is 0.943 bits per heavy atom. The Kier molecular flexibility index (Phi) is 6.66. The molecule has 0 radical (unpaired) electrons. The molecule has 3 aromatic rings. The highest BCUT2D eigenvalue weighted by atomic mass is 35.5. The van der Waals surface area contributed by atoms with E-state index in [1.807, 2.05) is 0 Å². The highest BCUT2D eigenvalue weighted by molar-refractivity contribution is 6.51. The van der Waals surface area contributed by atoms with Crippen molar-refractivity contribution >= 4 is 34.7 Å². The molecule has 35 heavy (non-hydrogen) atoms. The number of aliphatic hydroxyl groups excluding tert-OH is 1. The van der Waals surface area contributed by atoms with Gasteiger partial charge in [0.05, 0.1) is 43.5 Å². The first-order valence-corrected chi connectivity index (χ1v) is 10.8. The number of methoxy groups -OCH3 is 3. The van der Waals surface area contributed by atoms with E-state index in [0.29, 0.717) is 17.1 Å². The topological polar surface area (TPSA) is 85.3 Å². The van der Waals surface area contributed by atoms with Gasteiger partial charge in [-0.2, -0.15) is 0 Å². The predicted molar refractivity (Wildman–Crippen MR) is 129 cm³/mol. The first-order chi connectivity index (χ1) is 16.8. The molecule has 1 heterocycles. The molecule has 1 aliphatic heterocycles. The maximum Gasteiger partial charge on any atom is 0.300 e. The summed E-state index contributed by atoms with van der Waals surface area (Å²) in [6.45, 7) is 0. The van der Waals surface area contributed by atoms with E-state index in [-0.39, 0.29) is 27.6 Å². The Balaban J connectivity index is 1.98. The molecule has 0 aliphatic carbocycles. The van der Waals surface area contributed by atoms with Crippen LogP contribution in [0.1, 0.15) is 17.2 Å². The van der Waals surface area contributed by atoms with Crippen LogP contribution < -0.4 is 19.1 Å². The number of hydrogen-bond donors (Lipinski definition) is 1. The minimum atomic E-state index is -1.06. The van der Waals surface area contributed by atoms with E-state index in [2.05, 4.69) is 0 Å². The Morgan fingerprint density at radius 2 is 1.66 bits per heavy atom.